The van der Waals surface area contributed by atoms with E-state index in [2.05, 4.69) is 15.6 Å². The zero-order valence-corrected chi connectivity index (χ0v) is 12.5. The summed E-state index contributed by atoms with van der Waals surface area (Å²) in [6.07, 6.45) is 0.629. The third kappa shape index (κ3) is 5.31. The van der Waals surface area contributed by atoms with Crippen LogP contribution in [0.15, 0.2) is 40.1 Å². The molecule has 0 aliphatic carbocycles. The Morgan fingerprint density at radius 1 is 1.38 bits per heavy atom. The minimum Gasteiger partial charge on any atom is -0.337 e. The van der Waals surface area contributed by atoms with Gasteiger partial charge in [-0.25, -0.2) is 9.78 Å². The molecule has 0 saturated carbocycles. The molecular weight excluding hydrogens is 316 g/mol. The highest BCUT2D eigenvalue weighted by atomic mass is 32.2. The van der Waals surface area contributed by atoms with Crippen molar-refractivity contribution in [1.29, 1.82) is 0 Å². The number of amides is 2. The Morgan fingerprint density at radius 3 is 2.90 bits per heavy atom. The van der Waals surface area contributed by atoms with Gasteiger partial charge in [0.2, 0.25) is 0 Å². The Morgan fingerprint density at radius 2 is 2.19 bits per heavy atom. The van der Waals surface area contributed by atoms with Crippen molar-refractivity contribution in [3.8, 4) is 0 Å². The highest BCUT2D eigenvalue weighted by Crippen LogP contribution is 2.31. The topological polar surface area (TPSA) is 54.0 Å². The minimum absolute atomic E-state index is 0.335. The molecule has 0 aliphatic rings. The third-order valence-electron chi connectivity index (χ3n) is 2.50. The largest absolute Gasteiger partial charge is 0.337 e. The molecule has 1 heterocycles. The zero-order valence-electron chi connectivity index (χ0n) is 10.9. The van der Waals surface area contributed by atoms with Gasteiger partial charge in [-0.3, -0.25) is 0 Å². The lowest BCUT2D eigenvalue weighted by Crippen LogP contribution is -2.30. The SMILES string of the molecule is O=C(NCCc1cscn1)Nc1ccccc1SC(F)F. The molecule has 21 heavy (non-hydrogen) atoms. The van der Waals surface area contributed by atoms with Crippen molar-refractivity contribution in [2.24, 2.45) is 0 Å². The molecule has 0 atom stereocenters. The van der Waals surface area contributed by atoms with Gasteiger partial charge < -0.3 is 10.6 Å². The highest BCUT2D eigenvalue weighted by Gasteiger charge is 2.11. The van der Waals surface area contributed by atoms with E-state index in [0.29, 0.717) is 35.3 Å². The molecule has 0 bridgehead atoms. The van der Waals surface area contributed by atoms with Gasteiger partial charge in [-0.05, 0) is 12.1 Å². The molecule has 0 fully saturated rings. The number of carbonyl (C=O) groups is 1. The van der Waals surface area contributed by atoms with Crippen LogP contribution in [0.5, 0.6) is 0 Å². The molecular formula is C13H13F2N3OS2. The van der Waals surface area contributed by atoms with E-state index < -0.39 is 11.8 Å². The van der Waals surface area contributed by atoms with Crippen molar-refractivity contribution in [2.75, 3.05) is 11.9 Å². The van der Waals surface area contributed by atoms with Gasteiger partial charge in [-0.2, -0.15) is 8.78 Å². The number of alkyl halides is 2. The maximum absolute atomic E-state index is 12.4. The summed E-state index contributed by atoms with van der Waals surface area (Å²) in [6.45, 7) is 0.430. The van der Waals surface area contributed by atoms with Crippen LogP contribution in [0.1, 0.15) is 5.69 Å². The van der Waals surface area contributed by atoms with Crippen LogP contribution in [-0.4, -0.2) is 23.3 Å². The zero-order chi connectivity index (χ0) is 15.1. The second-order valence-electron chi connectivity index (χ2n) is 3.99. The second kappa shape index (κ2) is 7.94. The Balaban J connectivity index is 1.84. The number of nitrogens with zero attached hydrogens (tertiary/aromatic N) is 1. The number of carbonyl (C=O) groups excluding carboxylic acids is 1. The number of halogens is 2. The number of thiazole rings is 1. The fraction of sp³-hybridized carbons (Fsp3) is 0.231. The Labute approximate surface area is 129 Å². The van der Waals surface area contributed by atoms with E-state index in [1.165, 1.54) is 11.3 Å². The number of nitrogens with one attached hydrogen (secondary N) is 2. The Bertz CT molecular complexity index is 579. The molecule has 0 saturated heterocycles. The van der Waals surface area contributed by atoms with Crippen LogP contribution in [-0.2, 0) is 6.42 Å². The van der Waals surface area contributed by atoms with Crippen molar-refractivity contribution in [2.45, 2.75) is 17.1 Å². The normalized spacial score (nSPS) is 10.6. The third-order valence-corrected chi connectivity index (χ3v) is 3.92. The molecule has 0 aliphatic heterocycles. The molecule has 2 rings (SSSR count). The predicted molar refractivity (Wildman–Crippen MR) is 81.1 cm³/mol. The number of aromatic nitrogens is 1. The number of anilines is 1. The number of benzene rings is 1. The fourth-order valence-electron chi connectivity index (χ4n) is 1.60. The van der Waals surface area contributed by atoms with Gasteiger partial charge in [0.05, 0.1) is 16.9 Å². The monoisotopic (exact) mass is 329 g/mol. The summed E-state index contributed by atoms with van der Waals surface area (Å²) in [5.74, 6) is -2.53. The van der Waals surface area contributed by atoms with E-state index in [9.17, 15) is 13.6 Å². The maximum atomic E-state index is 12.4. The second-order valence-corrected chi connectivity index (χ2v) is 5.74. The lowest BCUT2D eigenvalue weighted by molar-refractivity contribution is 0.251. The summed E-state index contributed by atoms with van der Waals surface area (Å²) < 4.78 is 24.9. The molecule has 1 aromatic heterocycles. The first-order valence-electron chi connectivity index (χ1n) is 6.11. The van der Waals surface area contributed by atoms with Gasteiger partial charge in [0.1, 0.15) is 0 Å². The molecule has 2 aromatic rings. The molecule has 2 amide bonds. The van der Waals surface area contributed by atoms with Crippen LogP contribution in [0.4, 0.5) is 19.3 Å². The average Bonchev–Trinajstić information content (AvgIpc) is 2.93. The highest BCUT2D eigenvalue weighted by molar-refractivity contribution is 7.99. The van der Waals surface area contributed by atoms with E-state index in [1.807, 2.05) is 5.38 Å². The van der Waals surface area contributed by atoms with Gasteiger partial charge in [0.15, 0.2) is 0 Å². The summed E-state index contributed by atoms with van der Waals surface area (Å²) in [7, 11) is 0. The number of para-hydroxylation sites is 1. The fourth-order valence-corrected chi connectivity index (χ4v) is 2.79. The summed E-state index contributed by atoms with van der Waals surface area (Å²) in [6, 6.07) is 6.04. The van der Waals surface area contributed by atoms with Gasteiger partial charge in [-0.1, -0.05) is 23.9 Å². The quantitative estimate of drug-likeness (QED) is 0.792. The van der Waals surface area contributed by atoms with Crippen molar-refractivity contribution in [3.05, 3.63) is 40.8 Å². The number of hydrogen-bond acceptors (Lipinski definition) is 4. The smallest absolute Gasteiger partial charge is 0.319 e. The van der Waals surface area contributed by atoms with E-state index in [4.69, 9.17) is 0 Å². The van der Waals surface area contributed by atoms with E-state index in [-0.39, 0.29) is 0 Å². The molecule has 0 spiro atoms. The van der Waals surface area contributed by atoms with Crippen LogP contribution < -0.4 is 10.6 Å². The summed E-state index contributed by atoms with van der Waals surface area (Å²) >= 11 is 1.90. The van der Waals surface area contributed by atoms with Crippen LogP contribution in [0.25, 0.3) is 0 Å². The first-order valence-corrected chi connectivity index (χ1v) is 7.93. The Kier molecular flexibility index (Phi) is 5.94. The summed E-state index contributed by atoms with van der Waals surface area (Å²) in [5, 5.41) is 7.15. The van der Waals surface area contributed by atoms with Gasteiger partial charge >= 0.3 is 6.03 Å². The molecule has 8 heteroatoms. The lowest BCUT2D eigenvalue weighted by atomic mass is 10.3. The molecule has 1 aromatic carbocycles. The first kappa shape index (κ1) is 15.7. The van der Waals surface area contributed by atoms with Crippen LogP contribution in [0, 0.1) is 0 Å². The Hall–Kier alpha value is -1.67. The van der Waals surface area contributed by atoms with Crippen LogP contribution in [0.2, 0.25) is 0 Å². The predicted octanol–water partition coefficient (Wildman–Crippen LogP) is 3.82. The average molecular weight is 329 g/mol. The number of hydrogen-bond donors (Lipinski definition) is 2. The van der Waals surface area contributed by atoms with E-state index >= 15 is 0 Å². The van der Waals surface area contributed by atoms with Crippen LogP contribution in [0.3, 0.4) is 0 Å². The van der Waals surface area contributed by atoms with Gasteiger partial charge in [0.25, 0.3) is 5.76 Å². The summed E-state index contributed by atoms with van der Waals surface area (Å²) in [5.41, 5.74) is 3.01. The van der Waals surface area contributed by atoms with Crippen molar-refractivity contribution < 1.29 is 13.6 Å². The van der Waals surface area contributed by atoms with Crippen molar-refractivity contribution in [1.82, 2.24) is 10.3 Å². The standard InChI is InChI=1S/C13H13F2N3OS2/c14-12(15)21-11-4-2-1-3-10(11)18-13(19)16-6-5-9-7-20-8-17-9/h1-4,7-8,12H,5-6H2,(H2,16,18,19). The maximum Gasteiger partial charge on any atom is 0.319 e. The molecule has 4 nitrogen and oxygen atoms in total. The number of urea groups is 1. The van der Waals surface area contributed by atoms with Crippen molar-refractivity contribution in [3.63, 3.8) is 0 Å². The minimum atomic E-state index is -2.53. The molecule has 0 unspecified atom stereocenters. The molecule has 2 N–H and O–H groups in total. The molecule has 0 radical (unpaired) electrons. The van der Waals surface area contributed by atoms with Gasteiger partial charge in [0, 0.05) is 23.2 Å². The summed E-state index contributed by atoms with van der Waals surface area (Å²) in [4.78, 5) is 16.2. The first-order chi connectivity index (χ1) is 10.1. The van der Waals surface area contributed by atoms with Crippen LogP contribution >= 0.6 is 23.1 Å². The lowest BCUT2D eigenvalue weighted by Gasteiger charge is -2.11. The van der Waals surface area contributed by atoms with Gasteiger partial charge in [-0.15, -0.1) is 11.3 Å². The van der Waals surface area contributed by atoms with E-state index in [1.54, 1.807) is 29.8 Å². The molecule has 112 valence electrons. The number of thioether (sulfide) groups is 1. The number of rotatable bonds is 6. The van der Waals surface area contributed by atoms with E-state index in [0.717, 1.165) is 5.69 Å². The van der Waals surface area contributed by atoms with Crippen molar-refractivity contribution >= 4 is 34.8 Å².